The molecule has 0 aliphatic rings. The molecule has 22 heavy (non-hydrogen) atoms. The van der Waals surface area contributed by atoms with E-state index in [1.807, 2.05) is 0 Å². The minimum Gasteiger partial charge on any atom is -0.492 e. The van der Waals surface area contributed by atoms with E-state index in [2.05, 4.69) is 24.2 Å². The Bertz CT molecular complexity index is 581. The van der Waals surface area contributed by atoms with Crippen molar-refractivity contribution in [3.05, 3.63) is 24.3 Å². The Morgan fingerprint density at radius 3 is 2.50 bits per heavy atom. The summed E-state index contributed by atoms with van der Waals surface area (Å²) in [5.74, 6) is 1.64. The molecule has 0 saturated heterocycles. The Kier molecular flexibility index (Phi) is 7.17. The molecule has 1 rings (SSSR count). The molecule has 0 saturated carbocycles. The molecule has 1 aromatic rings. The largest absolute Gasteiger partial charge is 0.492 e. The molecule has 7 heteroatoms. The second-order valence-corrected chi connectivity index (χ2v) is 7.48. The van der Waals surface area contributed by atoms with Gasteiger partial charge in [-0.3, -0.25) is 4.99 Å². The highest BCUT2D eigenvalue weighted by atomic mass is 32.2. The van der Waals surface area contributed by atoms with E-state index in [0.717, 1.165) is 6.42 Å². The lowest BCUT2D eigenvalue weighted by molar-refractivity contribution is 0.322. The van der Waals surface area contributed by atoms with Crippen LogP contribution in [0.4, 0.5) is 0 Å². The zero-order valence-electron chi connectivity index (χ0n) is 13.4. The highest BCUT2D eigenvalue weighted by Crippen LogP contribution is 2.15. The van der Waals surface area contributed by atoms with Crippen molar-refractivity contribution < 1.29 is 13.2 Å². The van der Waals surface area contributed by atoms with Gasteiger partial charge in [-0.15, -0.1) is 0 Å². The first-order valence-corrected chi connectivity index (χ1v) is 9.15. The SMILES string of the molecule is CC(C)CCN=C(N)NCCOc1ccc(S(C)(=O)=O)cc1. The van der Waals surface area contributed by atoms with Crippen molar-refractivity contribution in [2.45, 2.75) is 25.2 Å². The monoisotopic (exact) mass is 327 g/mol. The Morgan fingerprint density at radius 1 is 1.32 bits per heavy atom. The second-order valence-electron chi connectivity index (χ2n) is 5.47. The van der Waals surface area contributed by atoms with Gasteiger partial charge in [-0.2, -0.15) is 0 Å². The summed E-state index contributed by atoms with van der Waals surface area (Å²) in [6.07, 6.45) is 2.18. The van der Waals surface area contributed by atoms with Crippen molar-refractivity contribution in [3.63, 3.8) is 0 Å². The zero-order valence-corrected chi connectivity index (χ0v) is 14.2. The quantitative estimate of drug-likeness (QED) is 0.428. The predicted molar refractivity (Wildman–Crippen MR) is 89.0 cm³/mol. The lowest BCUT2D eigenvalue weighted by Crippen LogP contribution is -2.34. The normalized spacial score (nSPS) is 12.5. The summed E-state index contributed by atoms with van der Waals surface area (Å²) in [7, 11) is -3.17. The Hall–Kier alpha value is -1.76. The number of hydrogen-bond acceptors (Lipinski definition) is 4. The summed E-state index contributed by atoms with van der Waals surface area (Å²) in [6, 6.07) is 6.33. The molecular formula is C15H25N3O3S. The van der Waals surface area contributed by atoms with Crippen molar-refractivity contribution in [1.82, 2.24) is 5.32 Å². The number of benzene rings is 1. The maximum atomic E-state index is 11.3. The second kappa shape index (κ2) is 8.63. The van der Waals surface area contributed by atoms with Gasteiger partial charge in [0.05, 0.1) is 11.4 Å². The van der Waals surface area contributed by atoms with E-state index in [1.165, 1.54) is 18.4 Å². The molecule has 0 aliphatic carbocycles. The fourth-order valence-corrected chi connectivity index (χ4v) is 2.26. The lowest BCUT2D eigenvalue weighted by atomic mass is 10.1. The molecule has 0 unspecified atom stereocenters. The number of nitrogens with zero attached hydrogens (tertiary/aromatic N) is 1. The molecule has 3 N–H and O–H groups in total. The van der Waals surface area contributed by atoms with Crippen LogP contribution in [0, 0.1) is 5.92 Å². The molecule has 0 heterocycles. The molecule has 0 atom stereocenters. The van der Waals surface area contributed by atoms with Gasteiger partial charge in [0.25, 0.3) is 0 Å². The van der Waals surface area contributed by atoms with Gasteiger partial charge in [0.15, 0.2) is 15.8 Å². The van der Waals surface area contributed by atoms with Gasteiger partial charge in [0.1, 0.15) is 12.4 Å². The first kappa shape index (κ1) is 18.3. The molecule has 0 fully saturated rings. The van der Waals surface area contributed by atoms with Crippen LogP contribution in [0.25, 0.3) is 0 Å². The standard InChI is InChI=1S/C15H25N3O3S/c1-12(2)8-9-17-15(16)18-10-11-21-13-4-6-14(7-5-13)22(3,19)20/h4-7,12H,8-11H2,1-3H3,(H3,16,17,18). The third-order valence-corrected chi connectivity index (χ3v) is 4.05. The van der Waals surface area contributed by atoms with Crippen LogP contribution in [0.15, 0.2) is 34.2 Å². The molecule has 0 amide bonds. The maximum Gasteiger partial charge on any atom is 0.188 e. The van der Waals surface area contributed by atoms with E-state index in [4.69, 9.17) is 10.5 Å². The third-order valence-electron chi connectivity index (χ3n) is 2.92. The topological polar surface area (TPSA) is 93.8 Å². The van der Waals surface area contributed by atoms with Gasteiger partial charge in [-0.25, -0.2) is 8.42 Å². The molecule has 0 aliphatic heterocycles. The van der Waals surface area contributed by atoms with E-state index in [-0.39, 0.29) is 4.90 Å². The molecule has 0 spiro atoms. The number of nitrogens with one attached hydrogen (secondary N) is 1. The van der Waals surface area contributed by atoms with Crippen LogP contribution in [0.3, 0.4) is 0 Å². The molecule has 0 aromatic heterocycles. The van der Waals surface area contributed by atoms with E-state index in [1.54, 1.807) is 12.1 Å². The smallest absolute Gasteiger partial charge is 0.188 e. The highest BCUT2D eigenvalue weighted by Gasteiger charge is 2.06. The number of nitrogens with two attached hydrogens (primary N) is 1. The number of rotatable bonds is 8. The van der Waals surface area contributed by atoms with Crippen LogP contribution in [0.1, 0.15) is 20.3 Å². The summed E-state index contributed by atoms with van der Waals surface area (Å²) < 4.78 is 28.2. The average Bonchev–Trinajstić information content (AvgIpc) is 2.43. The maximum absolute atomic E-state index is 11.3. The molecule has 124 valence electrons. The van der Waals surface area contributed by atoms with E-state index < -0.39 is 9.84 Å². The third kappa shape index (κ3) is 7.31. The number of hydrogen-bond donors (Lipinski definition) is 2. The summed E-state index contributed by atoms with van der Waals surface area (Å²) in [4.78, 5) is 4.49. The molecule has 0 bridgehead atoms. The lowest BCUT2D eigenvalue weighted by Gasteiger charge is -2.09. The van der Waals surface area contributed by atoms with Crippen molar-refractivity contribution in [3.8, 4) is 5.75 Å². The van der Waals surface area contributed by atoms with Gasteiger partial charge >= 0.3 is 0 Å². The molecular weight excluding hydrogens is 302 g/mol. The highest BCUT2D eigenvalue weighted by molar-refractivity contribution is 7.90. The van der Waals surface area contributed by atoms with Crippen LogP contribution in [-0.2, 0) is 9.84 Å². The van der Waals surface area contributed by atoms with Gasteiger partial charge in [-0.05, 0) is 36.6 Å². The van der Waals surface area contributed by atoms with Gasteiger partial charge in [-0.1, -0.05) is 13.8 Å². The minimum absolute atomic E-state index is 0.277. The summed E-state index contributed by atoms with van der Waals surface area (Å²) >= 11 is 0. The van der Waals surface area contributed by atoms with Crippen molar-refractivity contribution in [1.29, 1.82) is 0 Å². The van der Waals surface area contributed by atoms with Crippen molar-refractivity contribution in [2.75, 3.05) is 26.0 Å². The Labute approximate surface area is 132 Å². The molecule has 0 radical (unpaired) electrons. The fraction of sp³-hybridized carbons (Fsp3) is 0.533. The van der Waals surface area contributed by atoms with Crippen LogP contribution in [-0.4, -0.2) is 40.3 Å². The Morgan fingerprint density at radius 2 is 1.95 bits per heavy atom. The fourth-order valence-electron chi connectivity index (χ4n) is 1.63. The first-order chi connectivity index (χ1) is 10.3. The summed E-state index contributed by atoms with van der Waals surface area (Å²) in [5, 5.41) is 2.97. The van der Waals surface area contributed by atoms with E-state index in [9.17, 15) is 8.42 Å². The number of aliphatic imine (C=N–C) groups is 1. The first-order valence-electron chi connectivity index (χ1n) is 7.25. The van der Waals surface area contributed by atoms with Crippen LogP contribution < -0.4 is 15.8 Å². The number of sulfone groups is 1. The van der Waals surface area contributed by atoms with Gasteiger partial charge in [0.2, 0.25) is 0 Å². The van der Waals surface area contributed by atoms with Crippen LogP contribution >= 0.6 is 0 Å². The van der Waals surface area contributed by atoms with Gasteiger partial charge < -0.3 is 15.8 Å². The number of guanidine groups is 1. The van der Waals surface area contributed by atoms with Crippen LogP contribution in [0.5, 0.6) is 5.75 Å². The van der Waals surface area contributed by atoms with Crippen molar-refractivity contribution >= 4 is 15.8 Å². The van der Waals surface area contributed by atoms with Crippen LogP contribution in [0.2, 0.25) is 0 Å². The molecule has 6 nitrogen and oxygen atoms in total. The zero-order chi connectivity index (χ0) is 16.6. The van der Waals surface area contributed by atoms with Crippen molar-refractivity contribution in [2.24, 2.45) is 16.6 Å². The minimum atomic E-state index is -3.17. The molecule has 1 aromatic carbocycles. The van der Waals surface area contributed by atoms with E-state index >= 15 is 0 Å². The summed E-state index contributed by atoms with van der Waals surface area (Å²) in [5.41, 5.74) is 5.72. The average molecular weight is 327 g/mol. The Balaban J connectivity index is 2.30. The van der Waals surface area contributed by atoms with Gasteiger partial charge in [0, 0.05) is 12.8 Å². The van der Waals surface area contributed by atoms with E-state index in [0.29, 0.717) is 37.3 Å². The number of ether oxygens (including phenoxy) is 1. The summed E-state index contributed by atoms with van der Waals surface area (Å²) in [6.45, 7) is 5.94. The predicted octanol–water partition coefficient (Wildman–Crippen LogP) is 1.42.